The van der Waals surface area contributed by atoms with E-state index in [-0.39, 0.29) is 0 Å². The molecule has 0 heterocycles. The molecule has 0 aliphatic heterocycles. The summed E-state index contributed by atoms with van der Waals surface area (Å²) >= 11 is 0. The second-order valence-electron chi connectivity index (χ2n) is 5.11. The van der Waals surface area contributed by atoms with Gasteiger partial charge in [-0.1, -0.05) is 30.3 Å². The van der Waals surface area contributed by atoms with E-state index >= 15 is 0 Å². The van der Waals surface area contributed by atoms with Crippen molar-refractivity contribution < 1.29 is 5.11 Å². The molecule has 0 amide bonds. The van der Waals surface area contributed by atoms with Crippen LogP contribution in [0, 0.1) is 0 Å². The van der Waals surface area contributed by atoms with Gasteiger partial charge in [0.1, 0.15) is 5.75 Å². The number of likely N-dealkylation sites (N-methyl/N-ethyl adjacent to an activating group) is 1. The van der Waals surface area contributed by atoms with Crippen LogP contribution in [0.15, 0.2) is 36.4 Å². The summed E-state index contributed by atoms with van der Waals surface area (Å²) in [4.78, 5) is 2.29. The van der Waals surface area contributed by atoms with Crippen LogP contribution in [0.2, 0.25) is 0 Å². The van der Waals surface area contributed by atoms with Crippen molar-refractivity contribution in [1.29, 1.82) is 0 Å². The van der Waals surface area contributed by atoms with E-state index in [0.29, 0.717) is 11.8 Å². The van der Waals surface area contributed by atoms with E-state index in [4.69, 9.17) is 0 Å². The predicted octanol–water partition coefficient (Wildman–Crippen LogP) is 3.43. The first-order valence-electron chi connectivity index (χ1n) is 6.49. The van der Waals surface area contributed by atoms with Crippen LogP contribution in [0.1, 0.15) is 19.4 Å². The zero-order valence-corrected chi connectivity index (χ0v) is 11.4. The SMILES string of the molecule is CC(C)N(C)CCc1c(O)ccc2ccccc12. The van der Waals surface area contributed by atoms with Gasteiger partial charge >= 0.3 is 0 Å². The maximum atomic E-state index is 10.0. The lowest BCUT2D eigenvalue weighted by atomic mass is 10.0. The highest BCUT2D eigenvalue weighted by molar-refractivity contribution is 5.87. The van der Waals surface area contributed by atoms with E-state index in [1.807, 2.05) is 18.2 Å². The van der Waals surface area contributed by atoms with E-state index in [2.05, 4.69) is 37.9 Å². The van der Waals surface area contributed by atoms with Gasteiger partial charge in [0, 0.05) is 18.2 Å². The number of aromatic hydroxyl groups is 1. The summed E-state index contributed by atoms with van der Waals surface area (Å²) in [5, 5.41) is 12.4. The van der Waals surface area contributed by atoms with E-state index in [0.717, 1.165) is 23.9 Å². The molecule has 0 aliphatic carbocycles. The molecule has 96 valence electrons. The lowest BCUT2D eigenvalue weighted by Gasteiger charge is -2.21. The molecule has 2 heteroatoms. The van der Waals surface area contributed by atoms with Gasteiger partial charge in [0.25, 0.3) is 0 Å². The molecule has 18 heavy (non-hydrogen) atoms. The first-order valence-corrected chi connectivity index (χ1v) is 6.49. The Labute approximate surface area is 109 Å². The molecule has 0 saturated heterocycles. The zero-order valence-electron chi connectivity index (χ0n) is 11.4. The lowest BCUT2D eigenvalue weighted by molar-refractivity contribution is 0.276. The van der Waals surface area contributed by atoms with Gasteiger partial charge in [-0.15, -0.1) is 0 Å². The zero-order chi connectivity index (χ0) is 13.1. The van der Waals surface area contributed by atoms with Crippen LogP contribution < -0.4 is 0 Å². The minimum absolute atomic E-state index is 0.408. The highest BCUT2D eigenvalue weighted by Crippen LogP contribution is 2.27. The number of phenols is 1. The Bertz CT molecular complexity index is 534. The van der Waals surface area contributed by atoms with Crippen molar-refractivity contribution in [2.45, 2.75) is 26.3 Å². The number of nitrogens with zero attached hydrogens (tertiary/aromatic N) is 1. The molecule has 0 spiro atoms. The normalized spacial score (nSPS) is 11.6. The standard InChI is InChI=1S/C16H21NO/c1-12(2)17(3)11-10-15-14-7-5-4-6-13(14)8-9-16(15)18/h4-9,12,18H,10-11H2,1-3H3. The molecule has 0 saturated carbocycles. The summed E-state index contributed by atoms with van der Waals surface area (Å²) in [5.74, 6) is 0.408. The van der Waals surface area contributed by atoms with E-state index in [1.165, 1.54) is 5.39 Å². The highest BCUT2D eigenvalue weighted by atomic mass is 16.3. The van der Waals surface area contributed by atoms with E-state index in [1.54, 1.807) is 6.07 Å². The van der Waals surface area contributed by atoms with Crippen molar-refractivity contribution in [2.75, 3.05) is 13.6 Å². The van der Waals surface area contributed by atoms with Gasteiger partial charge in [0.15, 0.2) is 0 Å². The third kappa shape index (κ3) is 2.65. The predicted molar refractivity (Wildman–Crippen MR) is 77.1 cm³/mol. The minimum Gasteiger partial charge on any atom is -0.508 e. The molecule has 2 aromatic rings. The second-order valence-corrected chi connectivity index (χ2v) is 5.11. The fraction of sp³-hybridized carbons (Fsp3) is 0.375. The van der Waals surface area contributed by atoms with Gasteiger partial charge in [-0.3, -0.25) is 0 Å². The van der Waals surface area contributed by atoms with Crippen LogP contribution in [-0.2, 0) is 6.42 Å². The molecule has 2 rings (SSSR count). The third-order valence-corrected chi connectivity index (χ3v) is 3.61. The Balaban J connectivity index is 2.29. The summed E-state index contributed by atoms with van der Waals surface area (Å²) < 4.78 is 0. The van der Waals surface area contributed by atoms with E-state index < -0.39 is 0 Å². The molecule has 0 radical (unpaired) electrons. The van der Waals surface area contributed by atoms with Gasteiger partial charge in [-0.2, -0.15) is 0 Å². The summed E-state index contributed by atoms with van der Waals surface area (Å²) in [6.07, 6.45) is 0.877. The minimum atomic E-state index is 0.408. The fourth-order valence-corrected chi connectivity index (χ4v) is 2.13. The van der Waals surface area contributed by atoms with Crippen molar-refractivity contribution in [3.63, 3.8) is 0 Å². The molecule has 0 atom stereocenters. The van der Waals surface area contributed by atoms with Crippen molar-refractivity contribution in [2.24, 2.45) is 0 Å². The van der Waals surface area contributed by atoms with Gasteiger partial charge in [0.2, 0.25) is 0 Å². The number of hydrogen-bond acceptors (Lipinski definition) is 2. The average Bonchev–Trinajstić information content (AvgIpc) is 2.37. The van der Waals surface area contributed by atoms with Crippen LogP contribution in [0.3, 0.4) is 0 Å². The molecule has 0 fully saturated rings. The molecule has 2 nitrogen and oxygen atoms in total. The molecule has 0 bridgehead atoms. The van der Waals surface area contributed by atoms with Crippen LogP contribution in [0.5, 0.6) is 5.75 Å². The summed E-state index contributed by atoms with van der Waals surface area (Å²) in [5.41, 5.74) is 1.06. The molecule has 0 aromatic heterocycles. The summed E-state index contributed by atoms with van der Waals surface area (Å²) in [6.45, 7) is 5.32. The van der Waals surface area contributed by atoms with Crippen molar-refractivity contribution >= 4 is 10.8 Å². The number of rotatable bonds is 4. The van der Waals surface area contributed by atoms with Crippen LogP contribution in [0.25, 0.3) is 10.8 Å². The summed E-state index contributed by atoms with van der Waals surface area (Å²) in [7, 11) is 2.12. The Morgan fingerprint density at radius 2 is 1.83 bits per heavy atom. The van der Waals surface area contributed by atoms with Gasteiger partial charge in [-0.05, 0) is 44.2 Å². The fourth-order valence-electron chi connectivity index (χ4n) is 2.13. The molecular formula is C16H21NO. The smallest absolute Gasteiger partial charge is 0.119 e. The monoisotopic (exact) mass is 243 g/mol. The molecule has 0 unspecified atom stereocenters. The molecular weight excluding hydrogens is 222 g/mol. The van der Waals surface area contributed by atoms with Crippen molar-refractivity contribution in [3.8, 4) is 5.75 Å². The third-order valence-electron chi connectivity index (χ3n) is 3.61. The van der Waals surface area contributed by atoms with Crippen LogP contribution in [0.4, 0.5) is 0 Å². The van der Waals surface area contributed by atoms with Gasteiger partial charge in [0.05, 0.1) is 0 Å². The highest BCUT2D eigenvalue weighted by Gasteiger charge is 2.09. The Morgan fingerprint density at radius 1 is 1.11 bits per heavy atom. The topological polar surface area (TPSA) is 23.5 Å². The first kappa shape index (κ1) is 12.9. The van der Waals surface area contributed by atoms with E-state index in [9.17, 15) is 5.11 Å². The Morgan fingerprint density at radius 3 is 2.56 bits per heavy atom. The summed E-state index contributed by atoms with van der Waals surface area (Å²) in [6, 6.07) is 12.5. The van der Waals surface area contributed by atoms with Crippen LogP contribution >= 0.6 is 0 Å². The Hall–Kier alpha value is -1.54. The number of fused-ring (bicyclic) bond motifs is 1. The number of phenolic OH excluding ortho intramolecular Hbond substituents is 1. The van der Waals surface area contributed by atoms with Gasteiger partial charge in [-0.25, -0.2) is 0 Å². The maximum absolute atomic E-state index is 10.0. The second kappa shape index (κ2) is 5.40. The van der Waals surface area contributed by atoms with Crippen LogP contribution in [-0.4, -0.2) is 29.6 Å². The average molecular weight is 243 g/mol. The van der Waals surface area contributed by atoms with Crippen molar-refractivity contribution in [1.82, 2.24) is 4.90 Å². The Kier molecular flexibility index (Phi) is 3.87. The number of hydrogen-bond donors (Lipinski definition) is 1. The van der Waals surface area contributed by atoms with Crippen molar-refractivity contribution in [3.05, 3.63) is 42.0 Å². The first-order chi connectivity index (χ1) is 8.59. The molecule has 1 N–H and O–H groups in total. The molecule has 0 aliphatic rings. The van der Waals surface area contributed by atoms with Gasteiger partial charge < -0.3 is 10.0 Å². The molecule has 2 aromatic carbocycles. The number of benzene rings is 2. The largest absolute Gasteiger partial charge is 0.508 e. The quantitative estimate of drug-likeness (QED) is 0.889. The lowest BCUT2D eigenvalue weighted by Crippen LogP contribution is -2.28. The maximum Gasteiger partial charge on any atom is 0.119 e.